The second-order valence-corrected chi connectivity index (χ2v) is 6.71. The lowest BCUT2D eigenvalue weighted by atomic mass is 9.95. The quantitative estimate of drug-likeness (QED) is 0.728. The highest BCUT2D eigenvalue weighted by Gasteiger charge is 2.28. The molecule has 2 aromatic carbocycles. The van der Waals surface area contributed by atoms with E-state index >= 15 is 0 Å². The third-order valence-corrected chi connectivity index (χ3v) is 5.03. The van der Waals surface area contributed by atoms with E-state index in [4.69, 9.17) is 0 Å². The van der Waals surface area contributed by atoms with Gasteiger partial charge in [-0.2, -0.15) is 0 Å². The van der Waals surface area contributed by atoms with Crippen LogP contribution in [-0.2, 0) is 0 Å². The second kappa shape index (κ2) is 7.12. The van der Waals surface area contributed by atoms with Gasteiger partial charge >= 0.3 is 0 Å². The van der Waals surface area contributed by atoms with Gasteiger partial charge in [-0.25, -0.2) is 0 Å². The van der Waals surface area contributed by atoms with Gasteiger partial charge in [0, 0.05) is 30.3 Å². The molecule has 3 aromatic rings. The van der Waals surface area contributed by atoms with E-state index < -0.39 is 0 Å². The number of amides is 1. The Morgan fingerprint density at radius 1 is 0.923 bits per heavy atom. The number of aromatic nitrogens is 3. The van der Waals surface area contributed by atoms with Crippen molar-refractivity contribution in [2.45, 2.75) is 25.7 Å². The van der Waals surface area contributed by atoms with Gasteiger partial charge in [0.25, 0.3) is 5.91 Å². The van der Waals surface area contributed by atoms with E-state index in [1.54, 1.807) is 0 Å². The SMILES string of the molecule is Cc1nnc(C2CCN(C(=O)c3ccccc3)CC2)n1-c1ccccc1. The fourth-order valence-electron chi connectivity index (χ4n) is 3.64. The summed E-state index contributed by atoms with van der Waals surface area (Å²) in [6.07, 6.45) is 1.81. The maximum Gasteiger partial charge on any atom is 0.253 e. The molecule has 4 rings (SSSR count). The Morgan fingerprint density at radius 2 is 1.54 bits per heavy atom. The molecule has 1 aliphatic heterocycles. The van der Waals surface area contributed by atoms with Crippen molar-refractivity contribution in [3.63, 3.8) is 0 Å². The molecule has 0 aliphatic carbocycles. The van der Waals surface area contributed by atoms with Crippen molar-refractivity contribution >= 4 is 5.91 Å². The van der Waals surface area contributed by atoms with E-state index in [0.29, 0.717) is 5.92 Å². The summed E-state index contributed by atoms with van der Waals surface area (Å²) in [6.45, 7) is 3.48. The number of hydrogen-bond donors (Lipinski definition) is 0. The second-order valence-electron chi connectivity index (χ2n) is 6.71. The highest BCUT2D eigenvalue weighted by molar-refractivity contribution is 5.94. The van der Waals surface area contributed by atoms with Crippen LogP contribution in [0.5, 0.6) is 0 Å². The predicted molar refractivity (Wildman–Crippen MR) is 100 cm³/mol. The molecule has 1 aromatic heterocycles. The van der Waals surface area contributed by atoms with Crippen molar-refractivity contribution in [3.8, 4) is 5.69 Å². The van der Waals surface area contributed by atoms with Gasteiger partial charge in [-0.15, -0.1) is 10.2 Å². The zero-order chi connectivity index (χ0) is 17.9. The lowest BCUT2D eigenvalue weighted by molar-refractivity contribution is 0.0710. The first-order valence-electron chi connectivity index (χ1n) is 9.05. The highest BCUT2D eigenvalue weighted by Crippen LogP contribution is 2.29. The summed E-state index contributed by atoms with van der Waals surface area (Å²) in [4.78, 5) is 14.6. The van der Waals surface area contributed by atoms with Crippen LogP contribution in [0.2, 0.25) is 0 Å². The minimum atomic E-state index is 0.116. The number of hydrogen-bond acceptors (Lipinski definition) is 3. The first-order valence-corrected chi connectivity index (χ1v) is 9.05. The number of piperidine rings is 1. The van der Waals surface area contributed by atoms with E-state index in [1.165, 1.54) is 0 Å². The molecule has 1 fully saturated rings. The van der Waals surface area contributed by atoms with Gasteiger partial charge in [-0.3, -0.25) is 9.36 Å². The van der Waals surface area contributed by atoms with E-state index in [0.717, 1.165) is 48.8 Å². The van der Waals surface area contributed by atoms with Crippen LogP contribution in [0.15, 0.2) is 60.7 Å². The summed E-state index contributed by atoms with van der Waals surface area (Å²) in [5.41, 5.74) is 1.85. The molecule has 5 nitrogen and oxygen atoms in total. The van der Waals surface area contributed by atoms with Crippen LogP contribution in [0.1, 0.15) is 40.8 Å². The average Bonchev–Trinajstić information content (AvgIpc) is 3.10. The zero-order valence-corrected chi connectivity index (χ0v) is 14.9. The van der Waals surface area contributed by atoms with Gasteiger partial charge in [0.2, 0.25) is 0 Å². The molecule has 5 heteroatoms. The zero-order valence-electron chi connectivity index (χ0n) is 14.9. The molecule has 1 aliphatic rings. The third-order valence-electron chi connectivity index (χ3n) is 5.03. The van der Waals surface area contributed by atoms with Crippen LogP contribution in [0.3, 0.4) is 0 Å². The minimum Gasteiger partial charge on any atom is -0.339 e. The van der Waals surface area contributed by atoms with Crippen LogP contribution in [0.4, 0.5) is 0 Å². The van der Waals surface area contributed by atoms with E-state index in [1.807, 2.05) is 60.4 Å². The lowest BCUT2D eigenvalue weighted by Crippen LogP contribution is -2.38. The Balaban J connectivity index is 1.50. The smallest absolute Gasteiger partial charge is 0.253 e. The van der Waals surface area contributed by atoms with Gasteiger partial charge < -0.3 is 4.90 Å². The number of likely N-dealkylation sites (tertiary alicyclic amines) is 1. The van der Waals surface area contributed by atoms with Crippen molar-refractivity contribution in [2.24, 2.45) is 0 Å². The van der Waals surface area contributed by atoms with Crippen molar-refractivity contribution in [3.05, 3.63) is 77.9 Å². The normalized spacial score (nSPS) is 15.2. The molecule has 26 heavy (non-hydrogen) atoms. The molecule has 0 spiro atoms. The Hall–Kier alpha value is -2.95. The first kappa shape index (κ1) is 16.5. The Bertz CT molecular complexity index is 881. The molecule has 0 unspecified atom stereocenters. The van der Waals surface area contributed by atoms with Crippen LogP contribution in [0.25, 0.3) is 5.69 Å². The number of nitrogens with zero attached hydrogens (tertiary/aromatic N) is 4. The van der Waals surface area contributed by atoms with Crippen LogP contribution in [0, 0.1) is 6.92 Å². The predicted octanol–water partition coefficient (Wildman–Crippen LogP) is 3.60. The Kier molecular flexibility index (Phi) is 4.52. The average molecular weight is 346 g/mol. The first-order chi connectivity index (χ1) is 12.7. The highest BCUT2D eigenvalue weighted by atomic mass is 16.2. The molecule has 0 saturated carbocycles. The Morgan fingerprint density at radius 3 is 2.19 bits per heavy atom. The summed E-state index contributed by atoms with van der Waals surface area (Å²) in [7, 11) is 0. The molecule has 0 bridgehead atoms. The van der Waals surface area contributed by atoms with E-state index in [-0.39, 0.29) is 5.91 Å². The third kappa shape index (κ3) is 3.12. The molecule has 0 N–H and O–H groups in total. The fraction of sp³-hybridized carbons (Fsp3) is 0.286. The number of carbonyl (C=O) groups is 1. The summed E-state index contributed by atoms with van der Waals surface area (Å²) in [5.74, 6) is 2.33. The summed E-state index contributed by atoms with van der Waals surface area (Å²) in [5, 5.41) is 8.76. The monoisotopic (exact) mass is 346 g/mol. The summed E-state index contributed by atoms with van der Waals surface area (Å²) in [6, 6.07) is 19.7. The van der Waals surface area contributed by atoms with E-state index in [2.05, 4.69) is 26.9 Å². The molecule has 2 heterocycles. The van der Waals surface area contributed by atoms with Crippen LogP contribution < -0.4 is 0 Å². The largest absolute Gasteiger partial charge is 0.339 e. The molecular weight excluding hydrogens is 324 g/mol. The van der Waals surface area contributed by atoms with Crippen molar-refractivity contribution < 1.29 is 4.79 Å². The Labute approximate surface area is 153 Å². The molecular formula is C21H22N4O. The molecule has 1 amide bonds. The fourth-order valence-corrected chi connectivity index (χ4v) is 3.64. The number of rotatable bonds is 3. The van der Waals surface area contributed by atoms with Gasteiger partial charge in [-0.05, 0) is 44.0 Å². The van der Waals surface area contributed by atoms with Crippen molar-refractivity contribution in [1.82, 2.24) is 19.7 Å². The molecule has 1 saturated heterocycles. The topological polar surface area (TPSA) is 51.0 Å². The molecule has 0 atom stereocenters. The molecule has 0 radical (unpaired) electrons. The van der Waals surface area contributed by atoms with Gasteiger partial charge in [0.05, 0.1) is 0 Å². The van der Waals surface area contributed by atoms with Crippen LogP contribution in [-0.4, -0.2) is 38.7 Å². The van der Waals surface area contributed by atoms with Crippen LogP contribution >= 0.6 is 0 Å². The number of aryl methyl sites for hydroxylation is 1. The maximum atomic E-state index is 12.6. The lowest BCUT2D eigenvalue weighted by Gasteiger charge is -2.31. The summed E-state index contributed by atoms with van der Waals surface area (Å²) >= 11 is 0. The van der Waals surface area contributed by atoms with E-state index in [9.17, 15) is 4.79 Å². The standard InChI is InChI=1S/C21H22N4O/c1-16-22-23-20(25(16)19-10-6-3-7-11-19)17-12-14-24(15-13-17)21(26)18-8-4-2-5-9-18/h2-11,17H,12-15H2,1H3. The van der Waals surface area contributed by atoms with Gasteiger partial charge in [0.15, 0.2) is 0 Å². The number of benzene rings is 2. The number of carbonyl (C=O) groups excluding carboxylic acids is 1. The van der Waals surface area contributed by atoms with Crippen molar-refractivity contribution in [2.75, 3.05) is 13.1 Å². The van der Waals surface area contributed by atoms with Gasteiger partial charge in [0.1, 0.15) is 11.6 Å². The maximum absolute atomic E-state index is 12.6. The van der Waals surface area contributed by atoms with Crippen molar-refractivity contribution in [1.29, 1.82) is 0 Å². The van der Waals surface area contributed by atoms with Gasteiger partial charge in [-0.1, -0.05) is 36.4 Å². The minimum absolute atomic E-state index is 0.116. The summed E-state index contributed by atoms with van der Waals surface area (Å²) < 4.78 is 2.14. The molecule has 132 valence electrons. The number of para-hydroxylation sites is 1.